The van der Waals surface area contributed by atoms with Crippen LogP contribution in [0.1, 0.15) is 62.6 Å². The number of aromatic amines is 2. The lowest BCUT2D eigenvalue weighted by molar-refractivity contribution is -0.120. The average Bonchev–Trinajstić information content (AvgIpc) is 3.15. The van der Waals surface area contributed by atoms with E-state index in [0.717, 1.165) is 24.8 Å². The normalized spacial score (nSPS) is 23.3. The Labute approximate surface area is 149 Å². The van der Waals surface area contributed by atoms with Gasteiger partial charge in [0.1, 0.15) is 0 Å². The Balaban J connectivity index is 1.42. The number of hydrogen-bond donors (Lipinski definition) is 3. The molecule has 0 bridgehead atoms. The zero-order valence-corrected chi connectivity index (χ0v) is 15.4. The maximum absolute atomic E-state index is 12.1. The Kier molecular flexibility index (Phi) is 6.34. The SMILES string of the molecule is Cc1[nH][nH]c(=O)c1CC(=O)NC[C@@H]1CCN(C2CCCCCCC2)C1. The van der Waals surface area contributed by atoms with Crippen LogP contribution in [0.2, 0.25) is 0 Å². The van der Waals surface area contributed by atoms with Crippen LogP contribution in [0, 0.1) is 12.8 Å². The van der Waals surface area contributed by atoms with Crippen LogP contribution < -0.4 is 10.9 Å². The summed E-state index contributed by atoms with van der Waals surface area (Å²) in [4.78, 5) is 26.4. The molecule has 0 radical (unpaired) electrons. The molecule has 0 unspecified atom stereocenters. The molecule has 1 saturated heterocycles. The first-order valence-electron chi connectivity index (χ1n) is 9.90. The summed E-state index contributed by atoms with van der Waals surface area (Å²) in [5.41, 5.74) is 1.10. The third-order valence-electron chi connectivity index (χ3n) is 5.92. The van der Waals surface area contributed by atoms with Gasteiger partial charge in [0.15, 0.2) is 0 Å². The van der Waals surface area contributed by atoms with E-state index in [1.807, 2.05) is 6.92 Å². The zero-order chi connectivity index (χ0) is 17.6. The van der Waals surface area contributed by atoms with Gasteiger partial charge >= 0.3 is 0 Å². The van der Waals surface area contributed by atoms with Crippen molar-refractivity contribution in [1.29, 1.82) is 0 Å². The molecule has 6 heteroatoms. The van der Waals surface area contributed by atoms with E-state index < -0.39 is 0 Å². The number of aromatic nitrogens is 2. The molecule has 140 valence electrons. The molecule has 2 fully saturated rings. The summed E-state index contributed by atoms with van der Waals surface area (Å²) in [6, 6.07) is 0.752. The van der Waals surface area contributed by atoms with Gasteiger partial charge in [0.2, 0.25) is 5.91 Å². The third-order valence-corrected chi connectivity index (χ3v) is 5.92. The van der Waals surface area contributed by atoms with Crippen LogP contribution in [0.3, 0.4) is 0 Å². The van der Waals surface area contributed by atoms with E-state index in [1.54, 1.807) is 0 Å². The van der Waals surface area contributed by atoms with Crippen molar-refractivity contribution in [1.82, 2.24) is 20.4 Å². The highest BCUT2D eigenvalue weighted by Gasteiger charge is 2.28. The number of amides is 1. The van der Waals surface area contributed by atoms with E-state index in [1.165, 1.54) is 57.9 Å². The van der Waals surface area contributed by atoms with Crippen molar-refractivity contribution in [3.05, 3.63) is 21.6 Å². The summed E-state index contributed by atoms with van der Waals surface area (Å²) >= 11 is 0. The number of hydrogen-bond acceptors (Lipinski definition) is 3. The van der Waals surface area contributed by atoms with Crippen molar-refractivity contribution in [2.75, 3.05) is 19.6 Å². The molecular weight excluding hydrogens is 316 g/mol. The maximum Gasteiger partial charge on any atom is 0.267 e. The average molecular weight is 348 g/mol. The monoisotopic (exact) mass is 348 g/mol. The van der Waals surface area contributed by atoms with Gasteiger partial charge in [0.05, 0.1) is 6.42 Å². The van der Waals surface area contributed by atoms with Crippen LogP contribution in [0.4, 0.5) is 0 Å². The molecule has 0 spiro atoms. The molecule has 2 aliphatic rings. The van der Waals surface area contributed by atoms with Gasteiger partial charge in [-0.3, -0.25) is 14.7 Å². The molecule has 6 nitrogen and oxygen atoms in total. The lowest BCUT2D eigenvalue weighted by Gasteiger charge is -2.29. The fourth-order valence-corrected chi connectivity index (χ4v) is 4.33. The van der Waals surface area contributed by atoms with Crippen molar-refractivity contribution in [3.8, 4) is 0 Å². The van der Waals surface area contributed by atoms with Crippen molar-refractivity contribution in [3.63, 3.8) is 0 Å². The second-order valence-electron chi connectivity index (χ2n) is 7.81. The summed E-state index contributed by atoms with van der Waals surface area (Å²) in [6.45, 7) is 4.81. The number of likely N-dealkylation sites (tertiary alicyclic amines) is 1. The molecule has 1 amide bonds. The van der Waals surface area contributed by atoms with Gasteiger partial charge in [-0.2, -0.15) is 0 Å². The minimum atomic E-state index is -0.191. The number of carbonyl (C=O) groups is 1. The zero-order valence-electron chi connectivity index (χ0n) is 15.4. The minimum absolute atomic E-state index is 0.0578. The number of aryl methyl sites for hydroxylation is 1. The Morgan fingerprint density at radius 2 is 1.84 bits per heavy atom. The van der Waals surface area contributed by atoms with E-state index in [9.17, 15) is 9.59 Å². The molecular formula is C19H32N4O2. The van der Waals surface area contributed by atoms with Crippen LogP contribution >= 0.6 is 0 Å². The Morgan fingerprint density at radius 3 is 2.52 bits per heavy atom. The van der Waals surface area contributed by atoms with Crippen molar-refractivity contribution in [2.24, 2.45) is 5.92 Å². The lowest BCUT2D eigenvalue weighted by atomic mass is 9.96. The molecule has 25 heavy (non-hydrogen) atoms. The summed E-state index contributed by atoms with van der Waals surface area (Å²) < 4.78 is 0. The highest BCUT2D eigenvalue weighted by Crippen LogP contribution is 2.26. The number of nitrogens with zero attached hydrogens (tertiary/aromatic N) is 1. The van der Waals surface area contributed by atoms with Gasteiger partial charge in [-0.1, -0.05) is 32.1 Å². The predicted octanol–water partition coefficient (Wildman–Crippen LogP) is 2.10. The van der Waals surface area contributed by atoms with Crippen molar-refractivity contribution in [2.45, 2.75) is 70.8 Å². The fourth-order valence-electron chi connectivity index (χ4n) is 4.33. The van der Waals surface area contributed by atoms with E-state index in [0.29, 0.717) is 11.5 Å². The van der Waals surface area contributed by atoms with Crippen LogP contribution in [-0.2, 0) is 11.2 Å². The van der Waals surface area contributed by atoms with Gasteiger partial charge in [-0.15, -0.1) is 0 Å². The summed E-state index contributed by atoms with van der Waals surface area (Å²) in [6.07, 6.45) is 10.9. The first-order valence-corrected chi connectivity index (χ1v) is 9.90. The Hall–Kier alpha value is -1.56. The highest BCUT2D eigenvalue weighted by molar-refractivity contribution is 5.78. The maximum atomic E-state index is 12.1. The summed E-state index contributed by atoms with van der Waals surface area (Å²) in [5.74, 6) is 0.484. The second-order valence-corrected chi connectivity index (χ2v) is 7.81. The summed E-state index contributed by atoms with van der Waals surface area (Å²) in [7, 11) is 0. The highest BCUT2D eigenvalue weighted by atomic mass is 16.2. The van der Waals surface area contributed by atoms with Crippen LogP contribution in [-0.4, -0.2) is 46.7 Å². The summed E-state index contributed by atoms with van der Waals surface area (Å²) in [5, 5.41) is 8.32. The minimum Gasteiger partial charge on any atom is -0.355 e. The van der Waals surface area contributed by atoms with E-state index in [-0.39, 0.29) is 17.9 Å². The fraction of sp³-hybridized carbons (Fsp3) is 0.789. The van der Waals surface area contributed by atoms with Crippen LogP contribution in [0.25, 0.3) is 0 Å². The smallest absolute Gasteiger partial charge is 0.267 e. The van der Waals surface area contributed by atoms with Gasteiger partial charge in [0.25, 0.3) is 5.56 Å². The van der Waals surface area contributed by atoms with Gasteiger partial charge < -0.3 is 15.3 Å². The van der Waals surface area contributed by atoms with Gasteiger partial charge in [0, 0.05) is 30.4 Å². The van der Waals surface area contributed by atoms with Crippen LogP contribution in [0.15, 0.2) is 4.79 Å². The number of carbonyl (C=O) groups excluding carboxylic acids is 1. The molecule has 0 aromatic carbocycles. The van der Waals surface area contributed by atoms with E-state index in [2.05, 4.69) is 20.4 Å². The Bertz CT molecular complexity index is 613. The van der Waals surface area contributed by atoms with Gasteiger partial charge in [-0.25, -0.2) is 0 Å². The molecule has 2 heterocycles. The molecule has 1 aromatic rings. The van der Waals surface area contributed by atoms with Crippen molar-refractivity contribution < 1.29 is 4.79 Å². The quantitative estimate of drug-likeness (QED) is 0.762. The second kappa shape index (κ2) is 8.70. The van der Waals surface area contributed by atoms with Crippen LogP contribution in [0.5, 0.6) is 0 Å². The predicted molar refractivity (Wildman–Crippen MR) is 98.7 cm³/mol. The third kappa shape index (κ3) is 4.97. The molecule has 1 aliphatic heterocycles. The largest absolute Gasteiger partial charge is 0.355 e. The van der Waals surface area contributed by atoms with E-state index in [4.69, 9.17) is 0 Å². The molecule has 1 atom stereocenters. The molecule has 3 rings (SSSR count). The number of nitrogens with one attached hydrogen (secondary N) is 3. The Morgan fingerprint density at radius 1 is 1.12 bits per heavy atom. The first-order chi connectivity index (χ1) is 12.1. The molecule has 1 aliphatic carbocycles. The molecule has 3 N–H and O–H groups in total. The number of H-pyrrole nitrogens is 2. The molecule has 1 saturated carbocycles. The van der Waals surface area contributed by atoms with E-state index >= 15 is 0 Å². The first kappa shape index (κ1) is 18.2. The number of rotatable bonds is 5. The van der Waals surface area contributed by atoms with Gasteiger partial charge in [-0.05, 0) is 38.6 Å². The standard InChI is InChI=1S/C19H32N4O2/c1-14-17(19(25)22-21-14)11-18(24)20-12-15-9-10-23(13-15)16-7-5-3-2-4-6-8-16/h15-16H,2-13H2,1H3,(H,20,24)(H2,21,22,25)/t15-/m0/s1. The topological polar surface area (TPSA) is 81.0 Å². The molecule has 1 aromatic heterocycles. The van der Waals surface area contributed by atoms with Crippen molar-refractivity contribution >= 4 is 5.91 Å². The lowest BCUT2D eigenvalue weighted by Crippen LogP contribution is -2.36.